The van der Waals surface area contributed by atoms with Gasteiger partial charge in [0.15, 0.2) is 5.84 Å². The minimum Gasteiger partial charge on any atom is -0.409 e. The quantitative estimate of drug-likeness (QED) is 0.216. The van der Waals surface area contributed by atoms with Crippen molar-refractivity contribution in [3.63, 3.8) is 0 Å². The number of aromatic nitrogens is 3. The molecule has 15 heavy (non-hydrogen) atoms. The third-order valence-electron chi connectivity index (χ3n) is 1.85. The first-order chi connectivity index (χ1) is 7.15. The lowest BCUT2D eigenvalue weighted by atomic mass is 10.1. The number of hydrogen-bond donors (Lipinski definition) is 4. The highest BCUT2D eigenvalue weighted by molar-refractivity contribution is 6.01. The Labute approximate surface area is 85.6 Å². The number of hydrogen-bond acceptors (Lipinski definition) is 5. The molecule has 0 spiro atoms. The molecule has 0 bridgehead atoms. The number of carbonyl (C=O) groups is 1. The van der Waals surface area contributed by atoms with E-state index < -0.39 is 5.92 Å². The Balaban J connectivity index is 2.43. The predicted octanol–water partition coefficient (Wildman–Crippen LogP) is -1.20. The van der Waals surface area contributed by atoms with Crippen LogP contribution < -0.4 is 11.1 Å². The second-order valence-corrected chi connectivity index (χ2v) is 2.90. The molecule has 82 valence electrons. The van der Waals surface area contributed by atoms with Crippen LogP contribution in [0.15, 0.2) is 11.5 Å². The minimum absolute atomic E-state index is 0.134. The van der Waals surface area contributed by atoms with Crippen molar-refractivity contribution < 1.29 is 10.0 Å². The zero-order valence-corrected chi connectivity index (χ0v) is 8.14. The van der Waals surface area contributed by atoms with Gasteiger partial charge in [-0.25, -0.2) is 4.98 Å². The molecule has 1 aromatic rings. The predicted molar refractivity (Wildman–Crippen MR) is 50.8 cm³/mol. The van der Waals surface area contributed by atoms with Gasteiger partial charge in [0.05, 0.1) is 12.5 Å². The van der Waals surface area contributed by atoms with Crippen molar-refractivity contribution in [3.8, 4) is 0 Å². The molecule has 1 atom stereocenters. The van der Waals surface area contributed by atoms with E-state index in [9.17, 15) is 4.79 Å². The van der Waals surface area contributed by atoms with Crippen molar-refractivity contribution in [2.45, 2.75) is 13.5 Å². The summed E-state index contributed by atoms with van der Waals surface area (Å²) in [5, 5.41) is 19.9. The number of amidine groups is 1. The van der Waals surface area contributed by atoms with Crippen molar-refractivity contribution in [2.24, 2.45) is 16.8 Å². The normalized spacial score (nSPS) is 13.5. The van der Waals surface area contributed by atoms with Gasteiger partial charge in [-0.05, 0) is 6.92 Å². The number of nitrogens with zero attached hydrogens (tertiary/aromatic N) is 3. The van der Waals surface area contributed by atoms with E-state index in [1.807, 2.05) is 0 Å². The van der Waals surface area contributed by atoms with Crippen LogP contribution in [0.2, 0.25) is 0 Å². The van der Waals surface area contributed by atoms with Crippen LogP contribution in [0.3, 0.4) is 0 Å². The van der Waals surface area contributed by atoms with E-state index in [1.54, 1.807) is 0 Å². The highest BCUT2D eigenvalue weighted by atomic mass is 16.4. The van der Waals surface area contributed by atoms with Crippen LogP contribution in [-0.2, 0) is 11.3 Å². The van der Waals surface area contributed by atoms with E-state index in [2.05, 4.69) is 25.7 Å². The van der Waals surface area contributed by atoms with Gasteiger partial charge in [-0.3, -0.25) is 9.89 Å². The fourth-order valence-electron chi connectivity index (χ4n) is 0.861. The Hall–Kier alpha value is -2.12. The Kier molecular flexibility index (Phi) is 3.61. The van der Waals surface area contributed by atoms with E-state index in [1.165, 1.54) is 13.3 Å². The van der Waals surface area contributed by atoms with Gasteiger partial charge in [0.1, 0.15) is 12.2 Å². The van der Waals surface area contributed by atoms with Crippen LogP contribution in [0.25, 0.3) is 0 Å². The summed E-state index contributed by atoms with van der Waals surface area (Å²) in [7, 11) is 0. The Morgan fingerprint density at radius 3 is 3.13 bits per heavy atom. The van der Waals surface area contributed by atoms with Crippen molar-refractivity contribution in [3.05, 3.63) is 12.2 Å². The Morgan fingerprint density at radius 1 is 1.87 bits per heavy atom. The van der Waals surface area contributed by atoms with Crippen molar-refractivity contribution in [1.82, 2.24) is 20.5 Å². The number of carbonyl (C=O) groups excluding carboxylic acids is 1. The molecule has 0 radical (unpaired) electrons. The molecule has 0 aliphatic heterocycles. The van der Waals surface area contributed by atoms with Gasteiger partial charge in [0.2, 0.25) is 5.91 Å². The highest BCUT2D eigenvalue weighted by Crippen LogP contribution is 1.95. The van der Waals surface area contributed by atoms with Gasteiger partial charge in [-0.2, -0.15) is 5.10 Å². The summed E-state index contributed by atoms with van der Waals surface area (Å²) in [6.45, 7) is 1.76. The molecular weight excluding hydrogens is 200 g/mol. The minimum atomic E-state index is -0.682. The lowest BCUT2D eigenvalue weighted by molar-refractivity contribution is -0.122. The number of nitrogens with two attached hydrogens (primary N) is 1. The molecule has 5 N–H and O–H groups in total. The average Bonchev–Trinajstić information content (AvgIpc) is 2.76. The molecule has 1 amide bonds. The fourth-order valence-corrected chi connectivity index (χ4v) is 0.861. The van der Waals surface area contributed by atoms with E-state index in [4.69, 9.17) is 10.9 Å². The Bertz CT molecular complexity index is 346. The zero-order valence-electron chi connectivity index (χ0n) is 8.14. The molecule has 1 aromatic heterocycles. The maximum Gasteiger partial charge on any atom is 0.230 e. The Morgan fingerprint density at radius 2 is 2.60 bits per heavy atom. The van der Waals surface area contributed by atoms with Gasteiger partial charge in [-0.15, -0.1) is 0 Å². The summed E-state index contributed by atoms with van der Waals surface area (Å²) in [5.41, 5.74) is 5.27. The van der Waals surface area contributed by atoms with Crippen LogP contribution >= 0.6 is 0 Å². The summed E-state index contributed by atoms with van der Waals surface area (Å²) in [5.74, 6) is -0.625. The van der Waals surface area contributed by atoms with E-state index >= 15 is 0 Å². The van der Waals surface area contributed by atoms with Gasteiger partial charge in [0, 0.05) is 0 Å². The molecule has 0 aliphatic rings. The molecule has 0 saturated carbocycles. The van der Waals surface area contributed by atoms with E-state index in [-0.39, 0.29) is 18.3 Å². The second kappa shape index (κ2) is 4.94. The monoisotopic (exact) mass is 212 g/mol. The van der Waals surface area contributed by atoms with Crippen LogP contribution in [0.4, 0.5) is 0 Å². The topological polar surface area (TPSA) is 129 Å². The first-order valence-corrected chi connectivity index (χ1v) is 4.24. The van der Waals surface area contributed by atoms with Crippen LogP contribution in [0, 0.1) is 5.92 Å². The third-order valence-corrected chi connectivity index (χ3v) is 1.85. The van der Waals surface area contributed by atoms with Crippen molar-refractivity contribution in [1.29, 1.82) is 0 Å². The lowest BCUT2D eigenvalue weighted by Crippen LogP contribution is -2.37. The van der Waals surface area contributed by atoms with E-state index in [0.29, 0.717) is 5.82 Å². The summed E-state index contributed by atoms with van der Waals surface area (Å²) in [6, 6.07) is 0. The van der Waals surface area contributed by atoms with Crippen molar-refractivity contribution >= 4 is 11.7 Å². The molecule has 0 saturated heterocycles. The molecule has 1 heterocycles. The standard InChI is InChI=1S/C7H12N6O2/c1-4(6(8)13-15)7(14)9-2-5-10-3-11-12-5/h3-4,15H,2H2,1H3,(H2,8,13)(H,9,14)(H,10,11,12). The molecule has 1 rings (SSSR count). The molecule has 8 heteroatoms. The lowest BCUT2D eigenvalue weighted by Gasteiger charge is -2.08. The average molecular weight is 212 g/mol. The maximum atomic E-state index is 11.4. The number of aromatic amines is 1. The van der Waals surface area contributed by atoms with Gasteiger partial charge in [-0.1, -0.05) is 5.16 Å². The summed E-state index contributed by atoms with van der Waals surface area (Å²) in [4.78, 5) is 15.2. The van der Waals surface area contributed by atoms with Gasteiger partial charge >= 0.3 is 0 Å². The third kappa shape index (κ3) is 2.93. The van der Waals surface area contributed by atoms with Crippen LogP contribution in [0.1, 0.15) is 12.7 Å². The molecule has 0 aliphatic carbocycles. The van der Waals surface area contributed by atoms with Gasteiger partial charge < -0.3 is 16.3 Å². The highest BCUT2D eigenvalue weighted by Gasteiger charge is 2.17. The second-order valence-electron chi connectivity index (χ2n) is 2.90. The van der Waals surface area contributed by atoms with Crippen LogP contribution in [-0.4, -0.2) is 32.1 Å². The number of H-pyrrole nitrogens is 1. The molecule has 0 aromatic carbocycles. The summed E-state index contributed by atoms with van der Waals surface area (Å²) >= 11 is 0. The molecule has 1 unspecified atom stereocenters. The summed E-state index contributed by atoms with van der Waals surface area (Å²) in [6.07, 6.45) is 1.34. The van der Waals surface area contributed by atoms with Crippen LogP contribution in [0.5, 0.6) is 0 Å². The number of nitrogens with one attached hydrogen (secondary N) is 2. The first-order valence-electron chi connectivity index (χ1n) is 4.24. The molecular formula is C7H12N6O2. The largest absolute Gasteiger partial charge is 0.409 e. The fraction of sp³-hybridized carbons (Fsp3) is 0.429. The zero-order chi connectivity index (χ0) is 11.3. The molecule has 8 nitrogen and oxygen atoms in total. The number of amides is 1. The van der Waals surface area contributed by atoms with Crippen molar-refractivity contribution in [2.75, 3.05) is 0 Å². The first kappa shape index (κ1) is 11.0. The summed E-state index contributed by atoms with van der Waals surface area (Å²) < 4.78 is 0. The number of oxime groups is 1. The maximum absolute atomic E-state index is 11.4. The van der Waals surface area contributed by atoms with E-state index in [0.717, 1.165) is 0 Å². The SMILES string of the molecule is CC(C(=O)NCc1ncn[nH]1)C(N)=NO. The smallest absolute Gasteiger partial charge is 0.230 e. The number of rotatable bonds is 4. The van der Waals surface area contributed by atoms with Gasteiger partial charge in [0.25, 0.3) is 0 Å². The molecule has 0 fully saturated rings.